The smallest absolute Gasteiger partial charge is 0.190 e. The molecule has 2 fully saturated rings. The van der Waals surface area contributed by atoms with Gasteiger partial charge >= 0.3 is 0 Å². The highest BCUT2D eigenvalue weighted by Crippen LogP contribution is 2.43. The SMILES string of the molecule is [C-]#[N+]c1cc2c(Br)cn(C3CCC4(CC3)OCCO4)c2cc1C. The second-order valence-corrected chi connectivity index (χ2v) is 7.35. The number of ether oxygens (including phenoxy) is 2. The van der Waals surface area contributed by atoms with Gasteiger partial charge in [0, 0.05) is 40.5 Å². The molecule has 1 spiro atoms. The van der Waals surface area contributed by atoms with Crippen LogP contribution in [0.4, 0.5) is 5.69 Å². The Bertz CT molecular complexity index is 789. The first-order chi connectivity index (χ1) is 11.1. The Hall–Kier alpha value is -1.35. The highest BCUT2D eigenvalue weighted by Gasteiger charge is 2.40. The maximum Gasteiger partial charge on any atom is 0.190 e. The highest BCUT2D eigenvalue weighted by molar-refractivity contribution is 9.10. The molecule has 120 valence electrons. The number of aryl methyl sites for hydroxylation is 1. The van der Waals surface area contributed by atoms with Gasteiger partial charge < -0.3 is 14.0 Å². The Balaban J connectivity index is 1.67. The monoisotopic (exact) mass is 374 g/mol. The number of benzene rings is 1. The Labute approximate surface area is 144 Å². The first-order valence-electron chi connectivity index (χ1n) is 8.08. The van der Waals surface area contributed by atoms with E-state index in [2.05, 4.69) is 37.6 Å². The van der Waals surface area contributed by atoms with Crippen molar-refractivity contribution in [2.45, 2.75) is 44.4 Å². The van der Waals surface area contributed by atoms with Gasteiger partial charge in [0.25, 0.3) is 0 Å². The van der Waals surface area contributed by atoms with Crippen molar-refractivity contribution < 1.29 is 9.47 Å². The minimum absolute atomic E-state index is 0.316. The molecule has 1 aliphatic carbocycles. The van der Waals surface area contributed by atoms with Crippen molar-refractivity contribution in [1.82, 2.24) is 4.57 Å². The maximum atomic E-state index is 7.30. The predicted octanol–water partition coefficient (Wildman–Crippen LogP) is 5.12. The van der Waals surface area contributed by atoms with E-state index in [1.165, 1.54) is 5.52 Å². The Kier molecular flexibility index (Phi) is 3.72. The summed E-state index contributed by atoms with van der Waals surface area (Å²) in [6, 6.07) is 4.59. The quantitative estimate of drug-likeness (QED) is 0.647. The van der Waals surface area contributed by atoms with Crippen LogP contribution in [0.5, 0.6) is 0 Å². The third-order valence-corrected chi connectivity index (χ3v) is 5.78. The zero-order valence-corrected chi connectivity index (χ0v) is 14.7. The third-order valence-electron chi connectivity index (χ3n) is 5.15. The van der Waals surface area contributed by atoms with Crippen molar-refractivity contribution >= 4 is 32.5 Å². The predicted molar refractivity (Wildman–Crippen MR) is 92.8 cm³/mol. The van der Waals surface area contributed by atoms with Crippen LogP contribution < -0.4 is 0 Å². The molecule has 0 unspecified atom stereocenters. The van der Waals surface area contributed by atoms with Crippen molar-refractivity contribution in [2.24, 2.45) is 0 Å². The topological polar surface area (TPSA) is 27.8 Å². The second-order valence-electron chi connectivity index (χ2n) is 6.49. The molecular weight excluding hydrogens is 356 g/mol. The van der Waals surface area contributed by atoms with E-state index in [0.717, 1.165) is 60.0 Å². The van der Waals surface area contributed by atoms with Crippen LogP contribution in [0.3, 0.4) is 0 Å². The maximum absolute atomic E-state index is 7.30. The van der Waals surface area contributed by atoms with Crippen LogP contribution in [-0.4, -0.2) is 23.6 Å². The van der Waals surface area contributed by atoms with Crippen LogP contribution in [-0.2, 0) is 9.47 Å². The normalized spacial score (nSPS) is 21.1. The minimum atomic E-state index is -0.316. The number of rotatable bonds is 1. The third kappa shape index (κ3) is 2.50. The number of fused-ring (bicyclic) bond motifs is 1. The lowest BCUT2D eigenvalue weighted by Crippen LogP contribution is -2.35. The molecule has 0 atom stereocenters. The van der Waals surface area contributed by atoms with Crippen molar-refractivity contribution in [3.63, 3.8) is 0 Å². The van der Waals surface area contributed by atoms with E-state index in [9.17, 15) is 0 Å². The Morgan fingerprint density at radius 1 is 1.26 bits per heavy atom. The Morgan fingerprint density at radius 3 is 2.61 bits per heavy atom. The molecule has 5 heteroatoms. The summed E-state index contributed by atoms with van der Waals surface area (Å²) in [7, 11) is 0. The molecule has 1 aromatic heterocycles. The molecule has 2 aliphatic rings. The molecule has 1 aliphatic heterocycles. The number of hydrogen-bond acceptors (Lipinski definition) is 2. The van der Waals surface area contributed by atoms with Crippen LogP contribution >= 0.6 is 15.9 Å². The van der Waals surface area contributed by atoms with Crippen LogP contribution in [0, 0.1) is 13.5 Å². The van der Waals surface area contributed by atoms with Gasteiger partial charge in [-0.25, -0.2) is 4.85 Å². The summed E-state index contributed by atoms with van der Waals surface area (Å²) in [6.07, 6.45) is 6.18. The van der Waals surface area contributed by atoms with Crippen molar-refractivity contribution in [1.29, 1.82) is 0 Å². The molecule has 2 heterocycles. The molecule has 1 aromatic carbocycles. The molecule has 23 heavy (non-hydrogen) atoms. The van der Waals surface area contributed by atoms with Gasteiger partial charge in [0.15, 0.2) is 11.5 Å². The lowest BCUT2D eigenvalue weighted by atomic mass is 9.90. The van der Waals surface area contributed by atoms with E-state index in [4.69, 9.17) is 16.0 Å². The van der Waals surface area contributed by atoms with Crippen LogP contribution in [0.15, 0.2) is 22.8 Å². The van der Waals surface area contributed by atoms with E-state index >= 15 is 0 Å². The van der Waals surface area contributed by atoms with E-state index in [1.807, 2.05) is 13.0 Å². The molecule has 1 saturated carbocycles. The molecule has 0 amide bonds. The van der Waals surface area contributed by atoms with Gasteiger partial charge in [0.05, 0.1) is 19.8 Å². The van der Waals surface area contributed by atoms with Gasteiger partial charge in [-0.05, 0) is 53.4 Å². The van der Waals surface area contributed by atoms with Gasteiger partial charge in [-0.2, -0.15) is 0 Å². The molecule has 4 rings (SSSR count). The van der Waals surface area contributed by atoms with Crippen molar-refractivity contribution in [2.75, 3.05) is 13.2 Å². The summed E-state index contributed by atoms with van der Waals surface area (Å²) in [6.45, 7) is 10.8. The molecule has 0 bridgehead atoms. The van der Waals surface area contributed by atoms with Crippen LogP contribution in [0.2, 0.25) is 0 Å². The molecule has 0 radical (unpaired) electrons. The molecule has 2 aromatic rings. The first kappa shape index (κ1) is 15.2. The fourth-order valence-corrected chi connectivity index (χ4v) is 4.41. The summed E-state index contributed by atoms with van der Waals surface area (Å²) in [5.41, 5.74) is 2.97. The highest BCUT2D eigenvalue weighted by atomic mass is 79.9. The average Bonchev–Trinajstić information content (AvgIpc) is 3.13. The molecule has 0 N–H and O–H groups in total. The summed E-state index contributed by atoms with van der Waals surface area (Å²) in [4.78, 5) is 3.62. The van der Waals surface area contributed by atoms with Gasteiger partial charge in [-0.3, -0.25) is 0 Å². The summed E-state index contributed by atoms with van der Waals surface area (Å²) >= 11 is 3.66. The zero-order chi connectivity index (χ0) is 16.0. The molecule has 4 nitrogen and oxygen atoms in total. The fourth-order valence-electron chi connectivity index (χ4n) is 3.88. The fraction of sp³-hybridized carbons (Fsp3) is 0.500. The van der Waals surface area contributed by atoms with Crippen LogP contribution in [0.1, 0.15) is 37.3 Å². The van der Waals surface area contributed by atoms with Crippen LogP contribution in [0.25, 0.3) is 15.7 Å². The lowest BCUT2D eigenvalue weighted by molar-refractivity contribution is -0.181. The standard InChI is InChI=1S/C18H19BrN2O2/c1-12-9-17-14(10-16(12)20-2)15(19)11-21(17)13-3-5-18(6-4-13)22-7-8-23-18/h9-11,13H,3-8H2,1H3. The number of aromatic nitrogens is 1. The van der Waals surface area contributed by atoms with E-state index in [-0.39, 0.29) is 5.79 Å². The number of nitrogens with zero attached hydrogens (tertiary/aromatic N) is 2. The zero-order valence-electron chi connectivity index (χ0n) is 13.1. The van der Waals surface area contributed by atoms with Crippen molar-refractivity contribution in [3.8, 4) is 0 Å². The summed E-state index contributed by atoms with van der Waals surface area (Å²) in [5, 5.41) is 1.12. The van der Waals surface area contributed by atoms with E-state index < -0.39 is 0 Å². The number of hydrogen-bond donors (Lipinski definition) is 0. The summed E-state index contributed by atoms with van der Waals surface area (Å²) < 4.78 is 15.1. The van der Waals surface area contributed by atoms with Crippen molar-refractivity contribution in [3.05, 3.63) is 39.8 Å². The first-order valence-corrected chi connectivity index (χ1v) is 8.87. The minimum Gasteiger partial charge on any atom is -0.348 e. The average molecular weight is 375 g/mol. The largest absolute Gasteiger partial charge is 0.348 e. The lowest BCUT2D eigenvalue weighted by Gasteiger charge is -2.36. The molecular formula is C18H19BrN2O2. The number of halogens is 1. The summed E-state index contributed by atoms with van der Waals surface area (Å²) in [5.74, 6) is -0.316. The van der Waals surface area contributed by atoms with Gasteiger partial charge in [-0.1, -0.05) is 0 Å². The second kappa shape index (κ2) is 5.62. The Morgan fingerprint density at radius 2 is 1.96 bits per heavy atom. The van der Waals surface area contributed by atoms with Gasteiger partial charge in [0.2, 0.25) is 0 Å². The molecule has 1 saturated heterocycles. The van der Waals surface area contributed by atoms with Gasteiger partial charge in [-0.15, -0.1) is 0 Å². The van der Waals surface area contributed by atoms with E-state index in [0.29, 0.717) is 6.04 Å². The van der Waals surface area contributed by atoms with Gasteiger partial charge in [0.1, 0.15) is 0 Å². The van der Waals surface area contributed by atoms with E-state index in [1.54, 1.807) is 0 Å².